The van der Waals surface area contributed by atoms with Gasteiger partial charge in [-0.2, -0.15) is 0 Å². The molecule has 2 N–H and O–H groups in total. The molecule has 1 aromatic rings. The van der Waals surface area contributed by atoms with Gasteiger partial charge >= 0.3 is 0 Å². The van der Waals surface area contributed by atoms with Crippen molar-refractivity contribution in [3.8, 4) is 0 Å². The molecule has 0 amide bonds. The average molecular weight is 238 g/mol. The number of sulfonamides is 1. The molecule has 9 heteroatoms. The molecule has 82 valence electrons. The van der Waals surface area contributed by atoms with E-state index in [0.29, 0.717) is 0 Å². The Balaban J connectivity index is 3.70. The molecule has 6 nitrogen and oxygen atoms in total. The molecule has 0 unspecified atom stereocenters. The minimum absolute atomic E-state index is 0.201. The van der Waals surface area contributed by atoms with Crippen molar-refractivity contribution in [2.45, 2.75) is 4.90 Å². The fourth-order valence-corrected chi connectivity index (χ4v) is 1.72. The molecule has 1 aromatic carbocycles. The van der Waals surface area contributed by atoms with E-state index in [4.69, 9.17) is 0 Å². The molecule has 0 aliphatic heterocycles. The number of nitrogens with two attached hydrogens (primary N) is 1. The van der Waals surface area contributed by atoms with Crippen LogP contribution in [0.4, 0.5) is 14.5 Å². The molecule has 0 radical (unpaired) electrons. The molecule has 0 aliphatic carbocycles. The van der Waals surface area contributed by atoms with E-state index in [1.165, 1.54) is 0 Å². The zero-order valence-electron chi connectivity index (χ0n) is 6.98. The molecule has 0 heterocycles. The van der Waals surface area contributed by atoms with E-state index in [9.17, 15) is 27.3 Å². The number of halogens is 2. The quantitative estimate of drug-likeness (QED) is 0.599. The summed E-state index contributed by atoms with van der Waals surface area (Å²) >= 11 is 0. The second-order valence-corrected chi connectivity index (χ2v) is 4.04. The van der Waals surface area contributed by atoms with E-state index in [1.807, 2.05) is 0 Å². The van der Waals surface area contributed by atoms with E-state index in [0.717, 1.165) is 0 Å². The lowest BCUT2D eigenvalue weighted by Crippen LogP contribution is -2.16. The third-order valence-electron chi connectivity index (χ3n) is 1.47. The Labute approximate surface area is 82.5 Å². The van der Waals surface area contributed by atoms with Crippen LogP contribution in [0.5, 0.6) is 0 Å². The summed E-state index contributed by atoms with van der Waals surface area (Å²) in [7, 11) is -4.61. The summed E-state index contributed by atoms with van der Waals surface area (Å²) < 4.78 is 47.1. The predicted octanol–water partition coefficient (Wildman–Crippen LogP) is 0.520. The Morgan fingerprint density at radius 3 is 2.27 bits per heavy atom. The third kappa shape index (κ3) is 2.25. The van der Waals surface area contributed by atoms with E-state index in [-0.39, 0.29) is 12.1 Å². The monoisotopic (exact) mass is 238 g/mol. The van der Waals surface area contributed by atoms with Crippen LogP contribution in [0.25, 0.3) is 0 Å². The first-order valence-corrected chi connectivity index (χ1v) is 4.94. The topological polar surface area (TPSA) is 103 Å². The van der Waals surface area contributed by atoms with Gasteiger partial charge in [-0.1, -0.05) is 0 Å². The first kappa shape index (κ1) is 11.5. The molecule has 0 aliphatic rings. The largest absolute Gasteiger partial charge is 0.295 e. The summed E-state index contributed by atoms with van der Waals surface area (Å²) in [6.07, 6.45) is 0. The van der Waals surface area contributed by atoms with Gasteiger partial charge in [-0.15, -0.1) is 0 Å². The van der Waals surface area contributed by atoms with Gasteiger partial charge in [0.2, 0.25) is 10.0 Å². The van der Waals surface area contributed by atoms with Gasteiger partial charge in [-0.3, -0.25) is 10.1 Å². The van der Waals surface area contributed by atoms with Crippen molar-refractivity contribution in [2.24, 2.45) is 5.14 Å². The Bertz CT molecular complexity index is 528. The molecule has 0 spiro atoms. The summed E-state index contributed by atoms with van der Waals surface area (Å²) in [6, 6.07) is 0.482. The van der Waals surface area contributed by atoms with Crippen LogP contribution in [0.3, 0.4) is 0 Å². The number of hydrogen-bond acceptors (Lipinski definition) is 4. The van der Waals surface area contributed by atoms with Crippen LogP contribution >= 0.6 is 0 Å². The summed E-state index contributed by atoms with van der Waals surface area (Å²) in [5.41, 5.74) is -1.23. The van der Waals surface area contributed by atoms with E-state index < -0.39 is 37.2 Å². The van der Waals surface area contributed by atoms with Gasteiger partial charge in [-0.25, -0.2) is 22.3 Å². The number of primary sulfonamides is 1. The Morgan fingerprint density at radius 1 is 1.33 bits per heavy atom. The SMILES string of the molecule is NS(=O)(=O)c1c(F)cc(F)cc1[N+](=O)[O-]. The van der Waals surface area contributed by atoms with Crippen molar-refractivity contribution in [1.29, 1.82) is 0 Å². The maximum Gasteiger partial charge on any atom is 0.295 e. The highest BCUT2D eigenvalue weighted by Crippen LogP contribution is 2.26. The van der Waals surface area contributed by atoms with Gasteiger partial charge in [0.1, 0.15) is 5.82 Å². The normalized spacial score (nSPS) is 11.4. The maximum atomic E-state index is 13.0. The van der Waals surface area contributed by atoms with Gasteiger partial charge < -0.3 is 0 Å². The summed E-state index contributed by atoms with van der Waals surface area (Å²) in [4.78, 5) is 7.77. The molecule has 0 bridgehead atoms. The van der Waals surface area contributed by atoms with E-state index in [2.05, 4.69) is 5.14 Å². The Morgan fingerprint density at radius 2 is 1.87 bits per heavy atom. The average Bonchev–Trinajstić information content (AvgIpc) is 1.99. The maximum absolute atomic E-state index is 13.0. The first-order valence-electron chi connectivity index (χ1n) is 3.39. The van der Waals surface area contributed by atoms with Crippen molar-refractivity contribution in [2.75, 3.05) is 0 Å². The number of nitro benzene ring substituents is 1. The number of nitrogens with zero attached hydrogens (tertiary/aromatic N) is 1. The van der Waals surface area contributed by atoms with Gasteiger partial charge in [0.25, 0.3) is 5.69 Å². The van der Waals surface area contributed by atoms with Gasteiger partial charge in [0.15, 0.2) is 10.7 Å². The van der Waals surface area contributed by atoms with Crippen LogP contribution < -0.4 is 5.14 Å². The second kappa shape index (κ2) is 3.51. The van der Waals surface area contributed by atoms with Crippen molar-refractivity contribution in [3.63, 3.8) is 0 Å². The van der Waals surface area contributed by atoms with Crippen LogP contribution in [-0.4, -0.2) is 13.3 Å². The molecule has 0 saturated heterocycles. The Hall–Kier alpha value is -1.61. The van der Waals surface area contributed by atoms with Crippen LogP contribution in [0.1, 0.15) is 0 Å². The number of hydrogen-bond donors (Lipinski definition) is 1. The van der Waals surface area contributed by atoms with E-state index in [1.54, 1.807) is 0 Å². The fraction of sp³-hybridized carbons (Fsp3) is 0. The summed E-state index contributed by atoms with van der Waals surface area (Å²) in [6.45, 7) is 0. The zero-order chi connectivity index (χ0) is 11.8. The molecule has 0 saturated carbocycles. The van der Waals surface area contributed by atoms with Crippen LogP contribution in [-0.2, 0) is 10.0 Å². The number of nitro groups is 1. The lowest BCUT2D eigenvalue weighted by Gasteiger charge is -2.01. The van der Waals surface area contributed by atoms with Gasteiger partial charge in [-0.05, 0) is 0 Å². The highest BCUT2D eigenvalue weighted by molar-refractivity contribution is 7.89. The third-order valence-corrected chi connectivity index (χ3v) is 2.44. The van der Waals surface area contributed by atoms with Gasteiger partial charge in [0, 0.05) is 6.07 Å². The standard InChI is InChI=1S/C6H4F2N2O4S/c7-3-1-4(8)6(15(9,13)14)5(2-3)10(11)12/h1-2H,(H2,9,13,14). The van der Waals surface area contributed by atoms with Gasteiger partial charge in [0.05, 0.1) is 11.0 Å². The molecule has 15 heavy (non-hydrogen) atoms. The minimum atomic E-state index is -4.61. The molecule has 0 aromatic heterocycles. The minimum Gasteiger partial charge on any atom is -0.258 e. The summed E-state index contributed by atoms with van der Waals surface area (Å²) in [5, 5.41) is 14.9. The van der Waals surface area contributed by atoms with Crippen molar-refractivity contribution in [3.05, 3.63) is 33.9 Å². The highest BCUT2D eigenvalue weighted by Gasteiger charge is 2.28. The fourth-order valence-electron chi connectivity index (χ4n) is 0.964. The molecular weight excluding hydrogens is 234 g/mol. The van der Waals surface area contributed by atoms with Crippen LogP contribution in [0, 0.1) is 21.7 Å². The number of benzene rings is 1. The summed E-state index contributed by atoms with van der Waals surface area (Å²) in [5.74, 6) is -2.85. The zero-order valence-corrected chi connectivity index (χ0v) is 7.79. The van der Waals surface area contributed by atoms with Crippen LogP contribution in [0.2, 0.25) is 0 Å². The lowest BCUT2D eigenvalue weighted by atomic mass is 10.3. The Kier molecular flexibility index (Phi) is 2.69. The van der Waals surface area contributed by atoms with E-state index >= 15 is 0 Å². The predicted molar refractivity (Wildman–Crippen MR) is 44.4 cm³/mol. The van der Waals surface area contributed by atoms with Crippen LogP contribution in [0.15, 0.2) is 17.0 Å². The first-order chi connectivity index (χ1) is 6.73. The smallest absolute Gasteiger partial charge is 0.258 e. The van der Waals surface area contributed by atoms with Crippen molar-refractivity contribution >= 4 is 15.7 Å². The molecule has 1 rings (SSSR count). The second-order valence-electron chi connectivity index (χ2n) is 2.54. The molecule has 0 atom stereocenters. The van der Waals surface area contributed by atoms with Crippen molar-refractivity contribution in [1.82, 2.24) is 0 Å². The number of rotatable bonds is 2. The molecule has 0 fully saturated rings. The highest BCUT2D eigenvalue weighted by atomic mass is 32.2. The van der Waals surface area contributed by atoms with Crippen molar-refractivity contribution < 1.29 is 22.1 Å². The lowest BCUT2D eigenvalue weighted by molar-refractivity contribution is -0.388. The molecular formula is C6H4F2N2O4S.